The number of benzene rings is 2. The van der Waals surface area contributed by atoms with Crippen LogP contribution in [0.15, 0.2) is 59.9 Å². The number of Topliss-reactive ketones (excluding diaryl/α,β-unsaturated/α-hetero) is 1. The van der Waals surface area contributed by atoms with Gasteiger partial charge in [0.05, 0.1) is 23.4 Å². The van der Waals surface area contributed by atoms with Crippen LogP contribution in [0.25, 0.3) is 11.0 Å². The highest BCUT2D eigenvalue weighted by Gasteiger charge is 2.27. The number of carbonyl (C=O) groups is 1. The number of ketones is 1. The summed E-state index contributed by atoms with van der Waals surface area (Å²) >= 11 is 0. The SMILES string of the molecule is C[Si](C)(C)CCOCn1ccc2c(CC(=O)c3cccc(CS(=O)(=O)c4c(F)cccc4F)c3F)ncnc21. The van der Waals surface area contributed by atoms with Gasteiger partial charge in [0.1, 0.15) is 41.1 Å². The number of fused-ring (bicyclic) bond motifs is 1. The molecule has 0 amide bonds. The quantitative estimate of drug-likeness (QED) is 0.132. The molecule has 0 aliphatic rings. The number of aromatic nitrogens is 3. The summed E-state index contributed by atoms with van der Waals surface area (Å²) in [7, 11) is -5.81. The molecule has 0 unspecified atom stereocenters. The van der Waals surface area contributed by atoms with E-state index >= 15 is 4.39 Å². The van der Waals surface area contributed by atoms with Crippen LogP contribution < -0.4 is 0 Å². The van der Waals surface area contributed by atoms with Crippen LogP contribution in [0.3, 0.4) is 0 Å². The molecule has 0 aliphatic carbocycles. The Bertz CT molecular complexity index is 1620. The van der Waals surface area contributed by atoms with Crippen LogP contribution in [0.2, 0.25) is 25.7 Å². The zero-order chi connectivity index (χ0) is 28.4. The third kappa shape index (κ3) is 6.63. The van der Waals surface area contributed by atoms with E-state index in [4.69, 9.17) is 4.74 Å². The first-order valence-corrected chi connectivity index (χ1v) is 17.6. The maximum atomic E-state index is 15.3. The summed E-state index contributed by atoms with van der Waals surface area (Å²) in [5.74, 6) is -5.27. The van der Waals surface area contributed by atoms with Gasteiger partial charge >= 0.3 is 0 Å². The van der Waals surface area contributed by atoms with Crippen molar-refractivity contribution in [3.63, 3.8) is 0 Å². The minimum atomic E-state index is -4.58. The van der Waals surface area contributed by atoms with Gasteiger partial charge < -0.3 is 9.30 Å². The summed E-state index contributed by atoms with van der Waals surface area (Å²) in [5.41, 5.74) is 0.209. The third-order valence-electron chi connectivity index (χ3n) is 6.15. The van der Waals surface area contributed by atoms with Gasteiger partial charge in [0, 0.05) is 31.8 Å². The number of carbonyl (C=O) groups excluding carboxylic acids is 1. The van der Waals surface area contributed by atoms with Gasteiger partial charge in [-0.2, -0.15) is 0 Å². The second kappa shape index (κ2) is 11.4. The second-order valence-electron chi connectivity index (χ2n) is 10.4. The molecule has 39 heavy (non-hydrogen) atoms. The standard InChI is InChI=1S/C27H28F3N3O4SSi/c1-39(2,3)13-12-37-17-33-11-10-19-23(31-16-32-27(19)33)14-24(34)20-7-4-6-18(25(20)30)15-38(35,36)26-21(28)8-5-9-22(26)29/h4-11,16H,12-15,17H2,1-3H3. The molecule has 2 heterocycles. The van der Waals surface area contributed by atoms with Crippen molar-refractivity contribution in [3.05, 3.63) is 89.3 Å². The molecule has 4 rings (SSSR count). The van der Waals surface area contributed by atoms with Gasteiger partial charge in [-0.3, -0.25) is 4.79 Å². The Hall–Kier alpha value is -3.35. The summed E-state index contributed by atoms with van der Waals surface area (Å²) in [6, 6.07) is 9.13. The van der Waals surface area contributed by atoms with Crippen molar-refractivity contribution < 1.29 is 31.1 Å². The number of hydrogen-bond acceptors (Lipinski definition) is 6. The number of rotatable bonds is 11. The lowest BCUT2D eigenvalue weighted by molar-refractivity contribution is 0.0899. The minimum Gasteiger partial charge on any atom is -0.361 e. The van der Waals surface area contributed by atoms with Gasteiger partial charge in [-0.05, 0) is 30.3 Å². The van der Waals surface area contributed by atoms with Crippen LogP contribution in [-0.4, -0.2) is 43.4 Å². The fraction of sp³-hybridized carbons (Fsp3) is 0.296. The molecule has 4 aromatic rings. The van der Waals surface area contributed by atoms with Crippen molar-refractivity contribution in [2.24, 2.45) is 0 Å². The Balaban J connectivity index is 1.53. The van der Waals surface area contributed by atoms with Crippen molar-refractivity contribution in [2.75, 3.05) is 6.61 Å². The Kier molecular flexibility index (Phi) is 8.38. The first-order valence-electron chi connectivity index (χ1n) is 12.2. The molecular weight excluding hydrogens is 547 g/mol. The van der Waals surface area contributed by atoms with Crippen molar-refractivity contribution in [1.29, 1.82) is 0 Å². The molecule has 0 radical (unpaired) electrons. The number of ether oxygens (including phenoxy) is 1. The van der Waals surface area contributed by atoms with Crippen molar-refractivity contribution >= 4 is 34.7 Å². The molecule has 12 heteroatoms. The van der Waals surface area contributed by atoms with Crippen LogP contribution >= 0.6 is 0 Å². The Labute approximate surface area is 225 Å². The summed E-state index contributed by atoms with van der Waals surface area (Å²) in [6.07, 6.45) is 2.82. The highest BCUT2D eigenvalue weighted by atomic mass is 32.2. The van der Waals surface area contributed by atoms with Crippen LogP contribution in [0.4, 0.5) is 13.2 Å². The Morgan fingerprint density at radius 3 is 2.38 bits per heavy atom. The van der Waals surface area contributed by atoms with Gasteiger partial charge in [0.25, 0.3) is 0 Å². The molecule has 0 saturated carbocycles. The summed E-state index contributed by atoms with van der Waals surface area (Å²) in [5, 5.41) is 0.605. The molecule has 0 N–H and O–H groups in total. The summed E-state index contributed by atoms with van der Waals surface area (Å²) in [4.78, 5) is 20.4. The third-order valence-corrected chi connectivity index (χ3v) is 9.56. The smallest absolute Gasteiger partial charge is 0.188 e. The van der Waals surface area contributed by atoms with Gasteiger partial charge in [-0.15, -0.1) is 0 Å². The maximum absolute atomic E-state index is 15.3. The van der Waals surface area contributed by atoms with Crippen molar-refractivity contribution in [3.8, 4) is 0 Å². The predicted octanol–water partition coefficient (Wildman–Crippen LogP) is 5.56. The van der Waals surface area contributed by atoms with Gasteiger partial charge in [0.2, 0.25) is 0 Å². The normalized spacial score (nSPS) is 12.3. The highest BCUT2D eigenvalue weighted by molar-refractivity contribution is 7.90. The zero-order valence-electron chi connectivity index (χ0n) is 21.7. The molecular formula is C27H28F3N3O4SSi. The summed E-state index contributed by atoms with van der Waals surface area (Å²) < 4.78 is 76.5. The monoisotopic (exact) mass is 575 g/mol. The van der Waals surface area contributed by atoms with E-state index in [1.54, 1.807) is 16.8 Å². The van der Waals surface area contributed by atoms with Crippen LogP contribution in [-0.2, 0) is 33.5 Å². The average Bonchev–Trinajstić information content (AvgIpc) is 3.26. The summed E-state index contributed by atoms with van der Waals surface area (Å²) in [6.45, 7) is 7.70. The van der Waals surface area contributed by atoms with E-state index in [0.717, 1.165) is 30.3 Å². The maximum Gasteiger partial charge on any atom is 0.188 e. The highest BCUT2D eigenvalue weighted by Crippen LogP contribution is 2.26. The molecule has 0 saturated heterocycles. The lowest BCUT2D eigenvalue weighted by Gasteiger charge is -2.15. The lowest BCUT2D eigenvalue weighted by atomic mass is 10.0. The van der Waals surface area contributed by atoms with E-state index in [9.17, 15) is 22.0 Å². The van der Waals surface area contributed by atoms with Gasteiger partial charge in [-0.25, -0.2) is 31.6 Å². The fourth-order valence-electron chi connectivity index (χ4n) is 4.05. The van der Waals surface area contributed by atoms with E-state index in [-0.39, 0.29) is 24.3 Å². The molecule has 0 bridgehead atoms. The zero-order valence-corrected chi connectivity index (χ0v) is 23.6. The predicted molar refractivity (Wildman–Crippen MR) is 143 cm³/mol. The number of hydrogen-bond donors (Lipinski definition) is 0. The van der Waals surface area contributed by atoms with Gasteiger partial charge in [0.15, 0.2) is 15.6 Å². The van der Waals surface area contributed by atoms with Crippen LogP contribution in [0.5, 0.6) is 0 Å². The van der Waals surface area contributed by atoms with E-state index in [1.807, 2.05) is 0 Å². The Morgan fingerprint density at radius 2 is 1.69 bits per heavy atom. The first-order chi connectivity index (χ1) is 18.4. The molecule has 0 fully saturated rings. The van der Waals surface area contributed by atoms with Crippen molar-refractivity contribution in [1.82, 2.24) is 14.5 Å². The molecule has 7 nitrogen and oxygen atoms in total. The number of nitrogens with zero attached hydrogens (tertiary/aromatic N) is 3. The largest absolute Gasteiger partial charge is 0.361 e. The average molecular weight is 576 g/mol. The molecule has 2 aromatic heterocycles. The van der Waals surface area contributed by atoms with Gasteiger partial charge in [-0.1, -0.05) is 37.8 Å². The molecule has 206 valence electrons. The Morgan fingerprint density at radius 1 is 1.00 bits per heavy atom. The van der Waals surface area contributed by atoms with Crippen LogP contribution in [0, 0.1) is 17.5 Å². The number of halogens is 3. The molecule has 2 aromatic carbocycles. The first kappa shape index (κ1) is 28.6. The minimum absolute atomic E-state index is 0.269. The van der Waals surface area contributed by atoms with Crippen LogP contribution in [0.1, 0.15) is 21.6 Å². The van der Waals surface area contributed by atoms with E-state index in [2.05, 4.69) is 29.6 Å². The topological polar surface area (TPSA) is 91.2 Å². The van der Waals surface area contributed by atoms with E-state index in [0.29, 0.717) is 23.3 Å². The van der Waals surface area contributed by atoms with Crippen molar-refractivity contribution in [2.45, 2.75) is 49.5 Å². The molecule has 0 atom stereocenters. The lowest BCUT2D eigenvalue weighted by Crippen LogP contribution is -2.22. The number of sulfone groups is 1. The van der Waals surface area contributed by atoms with E-state index < -0.39 is 51.8 Å². The fourth-order valence-corrected chi connectivity index (χ4v) is 6.32. The second-order valence-corrected chi connectivity index (χ2v) is 17.9. The van der Waals surface area contributed by atoms with E-state index in [1.165, 1.54) is 18.5 Å². The molecule has 0 aliphatic heterocycles. The molecule has 0 spiro atoms.